The maximum atomic E-state index is 12.3. The van der Waals surface area contributed by atoms with Crippen LogP contribution < -0.4 is 4.74 Å². The van der Waals surface area contributed by atoms with Crippen molar-refractivity contribution in [3.8, 4) is 5.75 Å². The van der Waals surface area contributed by atoms with Crippen LogP contribution in [0.1, 0.15) is 55.7 Å². The van der Waals surface area contributed by atoms with Crippen LogP contribution in [0.25, 0.3) is 10.8 Å². The van der Waals surface area contributed by atoms with Gasteiger partial charge in [0, 0.05) is 18.3 Å². The van der Waals surface area contributed by atoms with E-state index in [0.717, 1.165) is 10.8 Å². The van der Waals surface area contributed by atoms with E-state index in [2.05, 4.69) is 10.1 Å². The van der Waals surface area contributed by atoms with Crippen LogP contribution in [0.2, 0.25) is 0 Å². The van der Waals surface area contributed by atoms with E-state index in [4.69, 9.17) is 14.0 Å². The molecule has 0 spiro atoms. The Kier molecular flexibility index (Phi) is 5.96. The van der Waals surface area contributed by atoms with Gasteiger partial charge in [0.2, 0.25) is 5.89 Å². The zero-order valence-corrected chi connectivity index (χ0v) is 17.0. The summed E-state index contributed by atoms with van der Waals surface area (Å²) in [5, 5.41) is 5.69. The molecule has 152 valence electrons. The Labute approximate surface area is 169 Å². The highest BCUT2D eigenvalue weighted by molar-refractivity contribution is 5.99. The van der Waals surface area contributed by atoms with E-state index < -0.39 is 11.9 Å². The van der Waals surface area contributed by atoms with Gasteiger partial charge in [-0.05, 0) is 29.3 Å². The molecule has 0 unspecified atom stereocenters. The second kappa shape index (κ2) is 8.43. The lowest BCUT2D eigenvalue weighted by molar-refractivity contribution is -0.134. The molecule has 0 atom stereocenters. The Morgan fingerprint density at radius 3 is 2.41 bits per heavy atom. The van der Waals surface area contributed by atoms with E-state index in [9.17, 15) is 9.59 Å². The average molecular weight is 396 g/mol. The van der Waals surface area contributed by atoms with E-state index in [1.54, 1.807) is 12.1 Å². The zero-order valence-electron chi connectivity index (χ0n) is 17.0. The number of aromatic nitrogens is 2. The Morgan fingerprint density at radius 1 is 1.10 bits per heavy atom. The van der Waals surface area contributed by atoms with Gasteiger partial charge in [-0.25, -0.2) is 4.79 Å². The highest BCUT2D eigenvalue weighted by Gasteiger charge is 2.21. The van der Waals surface area contributed by atoms with Crippen LogP contribution in [0.4, 0.5) is 0 Å². The quantitative estimate of drug-likeness (QED) is 0.455. The summed E-state index contributed by atoms with van der Waals surface area (Å²) in [6, 6.07) is 10.8. The molecule has 1 heterocycles. The number of methoxy groups -OCH3 is 1. The van der Waals surface area contributed by atoms with Gasteiger partial charge < -0.3 is 14.0 Å². The first kappa shape index (κ1) is 20.5. The fourth-order valence-electron chi connectivity index (χ4n) is 2.79. The van der Waals surface area contributed by atoms with Crippen LogP contribution in [-0.4, -0.2) is 29.2 Å². The number of carbonyl (C=O) groups is 2. The topological polar surface area (TPSA) is 91.5 Å². The second-order valence-corrected chi connectivity index (χ2v) is 7.78. The van der Waals surface area contributed by atoms with Crippen molar-refractivity contribution >= 4 is 22.7 Å². The standard InChI is InChI=1S/C22H24N2O5/c1-22(2,3)21-23-18(29-24-21)10-7-11-19(25)28-17-13-15-9-6-5-8-14(15)12-16(17)20(26)27-4/h5-6,8-9,12-13H,7,10-11H2,1-4H3. The normalized spacial score (nSPS) is 11.4. The van der Waals surface area contributed by atoms with Crippen LogP contribution >= 0.6 is 0 Å². The van der Waals surface area contributed by atoms with Crippen molar-refractivity contribution in [3.05, 3.63) is 53.7 Å². The zero-order chi connectivity index (χ0) is 21.0. The Hall–Kier alpha value is -3.22. The van der Waals surface area contributed by atoms with Gasteiger partial charge in [0.05, 0.1) is 7.11 Å². The number of nitrogens with zero attached hydrogens (tertiary/aromatic N) is 2. The van der Waals surface area contributed by atoms with Crippen molar-refractivity contribution < 1.29 is 23.6 Å². The van der Waals surface area contributed by atoms with Gasteiger partial charge in [0.25, 0.3) is 0 Å². The fourth-order valence-corrected chi connectivity index (χ4v) is 2.79. The van der Waals surface area contributed by atoms with Crippen LogP contribution in [0.5, 0.6) is 5.75 Å². The average Bonchev–Trinajstić information content (AvgIpc) is 3.16. The van der Waals surface area contributed by atoms with Crippen LogP contribution in [0, 0.1) is 0 Å². The summed E-state index contributed by atoms with van der Waals surface area (Å²) in [7, 11) is 1.29. The molecule has 0 fully saturated rings. The number of aryl methyl sites for hydroxylation is 1. The van der Waals surface area contributed by atoms with E-state index in [1.165, 1.54) is 7.11 Å². The number of carbonyl (C=O) groups excluding carboxylic acids is 2. The first-order valence-electron chi connectivity index (χ1n) is 9.43. The summed E-state index contributed by atoms with van der Waals surface area (Å²) >= 11 is 0. The summed E-state index contributed by atoms with van der Waals surface area (Å²) in [5.41, 5.74) is 0.0207. The number of hydrogen-bond acceptors (Lipinski definition) is 7. The molecule has 29 heavy (non-hydrogen) atoms. The molecule has 0 N–H and O–H groups in total. The van der Waals surface area contributed by atoms with Gasteiger partial charge in [-0.15, -0.1) is 0 Å². The van der Waals surface area contributed by atoms with Crippen molar-refractivity contribution in [1.82, 2.24) is 10.1 Å². The van der Waals surface area contributed by atoms with Crippen molar-refractivity contribution in [2.45, 2.75) is 45.4 Å². The summed E-state index contributed by atoms with van der Waals surface area (Å²) in [5.74, 6) is 0.311. The predicted octanol–water partition coefficient (Wildman–Crippen LogP) is 4.24. The monoisotopic (exact) mass is 396 g/mol. The molecular formula is C22H24N2O5. The summed E-state index contributed by atoms with van der Waals surface area (Å²) < 4.78 is 15.5. The summed E-state index contributed by atoms with van der Waals surface area (Å²) in [4.78, 5) is 28.8. The van der Waals surface area contributed by atoms with Crippen LogP contribution in [0.15, 0.2) is 40.9 Å². The van der Waals surface area contributed by atoms with Crippen LogP contribution in [-0.2, 0) is 21.4 Å². The number of rotatable bonds is 6. The van der Waals surface area contributed by atoms with Crippen molar-refractivity contribution in [1.29, 1.82) is 0 Å². The minimum Gasteiger partial charge on any atom is -0.465 e. The molecule has 0 saturated carbocycles. The third-order valence-corrected chi connectivity index (χ3v) is 4.39. The van der Waals surface area contributed by atoms with Gasteiger partial charge >= 0.3 is 11.9 Å². The lowest BCUT2D eigenvalue weighted by Gasteiger charge is -2.11. The summed E-state index contributed by atoms with van der Waals surface area (Å²) in [6.45, 7) is 6.00. The molecular weight excluding hydrogens is 372 g/mol. The van der Waals surface area contributed by atoms with Crippen molar-refractivity contribution in [2.24, 2.45) is 0 Å². The van der Waals surface area contributed by atoms with Gasteiger partial charge in [0.1, 0.15) is 11.3 Å². The fraction of sp³-hybridized carbons (Fsp3) is 0.364. The second-order valence-electron chi connectivity index (χ2n) is 7.78. The Morgan fingerprint density at radius 2 is 1.79 bits per heavy atom. The molecule has 3 aromatic rings. The molecule has 0 radical (unpaired) electrons. The molecule has 0 saturated heterocycles. The van der Waals surface area contributed by atoms with E-state index >= 15 is 0 Å². The molecule has 1 aromatic heterocycles. The number of ether oxygens (including phenoxy) is 2. The smallest absolute Gasteiger partial charge is 0.341 e. The number of hydrogen-bond donors (Lipinski definition) is 0. The predicted molar refractivity (Wildman–Crippen MR) is 107 cm³/mol. The molecule has 7 heteroatoms. The first-order valence-corrected chi connectivity index (χ1v) is 9.43. The van der Waals surface area contributed by atoms with E-state index in [-0.39, 0.29) is 23.1 Å². The van der Waals surface area contributed by atoms with Gasteiger partial charge in [0.15, 0.2) is 5.82 Å². The number of fused-ring (bicyclic) bond motifs is 1. The van der Waals surface area contributed by atoms with Gasteiger partial charge in [-0.3, -0.25) is 4.79 Å². The lowest BCUT2D eigenvalue weighted by atomic mass is 9.96. The Bertz CT molecular complexity index is 1030. The molecule has 0 aliphatic heterocycles. The van der Waals surface area contributed by atoms with E-state index in [1.807, 2.05) is 45.0 Å². The molecule has 3 rings (SSSR count). The molecule has 0 aliphatic rings. The molecule has 2 aromatic carbocycles. The third kappa shape index (κ3) is 4.99. The number of benzene rings is 2. The minimum absolute atomic E-state index is 0.153. The van der Waals surface area contributed by atoms with Gasteiger partial charge in [-0.1, -0.05) is 50.2 Å². The van der Waals surface area contributed by atoms with Crippen molar-refractivity contribution in [3.63, 3.8) is 0 Å². The van der Waals surface area contributed by atoms with Crippen molar-refractivity contribution in [2.75, 3.05) is 7.11 Å². The lowest BCUT2D eigenvalue weighted by Crippen LogP contribution is -2.13. The molecule has 7 nitrogen and oxygen atoms in total. The largest absolute Gasteiger partial charge is 0.465 e. The maximum absolute atomic E-state index is 12.3. The highest BCUT2D eigenvalue weighted by Crippen LogP contribution is 2.27. The highest BCUT2D eigenvalue weighted by atomic mass is 16.5. The van der Waals surface area contributed by atoms with Crippen LogP contribution in [0.3, 0.4) is 0 Å². The maximum Gasteiger partial charge on any atom is 0.341 e. The number of esters is 2. The Balaban J connectivity index is 1.66. The van der Waals surface area contributed by atoms with E-state index in [0.29, 0.717) is 24.6 Å². The summed E-state index contributed by atoms with van der Waals surface area (Å²) in [6.07, 6.45) is 1.12. The molecule has 0 amide bonds. The minimum atomic E-state index is -0.556. The molecule has 0 aliphatic carbocycles. The SMILES string of the molecule is COC(=O)c1cc2ccccc2cc1OC(=O)CCCc1nc(C(C)(C)C)no1. The molecule has 0 bridgehead atoms. The first-order chi connectivity index (χ1) is 13.8. The third-order valence-electron chi connectivity index (χ3n) is 4.39. The van der Waals surface area contributed by atoms with Gasteiger partial charge in [-0.2, -0.15) is 4.98 Å².